The zero-order valence-corrected chi connectivity index (χ0v) is 12.1. The predicted octanol–water partition coefficient (Wildman–Crippen LogP) is 4.71. The van der Waals surface area contributed by atoms with E-state index >= 15 is 0 Å². The molecule has 0 heterocycles. The first-order valence-electron chi connectivity index (χ1n) is 6.34. The van der Waals surface area contributed by atoms with E-state index in [2.05, 4.69) is 35.0 Å². The van der Waals surface area contributed by atoms with E-state index in [1.165, 1.54) is 6.07 Å². The van der Waals surface area contributed by atoms with Gasteiger partial charge in [-0.15, -0.1) is 0 Å². The number of halogens is 2. The van der Waals surface area contributed by atoms with Crippen LogP contribution in [0.15, 0.2) is 34.8 Å². The quantitative estimate of drug-likeness (QED) is 0.732. The first-order chi connectivity index (χ1) is 8.68. The molecule has 1 aliphatic carbocycles. The molecule has 0 fully saturated rings. The minimum atomic E-state index is -0.231. The monoisotopic (exact) mass is 312 g/mol. The van der Waals surface area contributed by atoms with Gasteiger partial charge in [-0.3, -0.25) is 0 Å². The topological polar surface area (TPSA) is 9.23 Å². The lowest BCUT2D eigenvalue weighted by Crippen LogP contribution is -2.19. The van der Waals surface area contributed by atoms with E-state index in [4.69, 9.17) is 4.74 Å². The Kier molecular flexibility index (Phi) is 4.95. The predicted molar refractivity (Wildman–Crippen MR) is 74.8 cm³/mol. The van der Waals surface area contributed by atoms with Crippen LogP contribution in [0, 0.1) is 17.7 Å². The lowest BCUT2D eigenvalue weighted by molar-refractivity contribution is 0.0676. The SMILES string of the molecule is CC1CC=CCC1COCc1cccc(F)c1Br. The number of ether oxygens (including phenoxy) is 1. The normalized spacial score (nSPS) is 23.3. The summed E-state index contributed by atoms with van der Waals surface area (Å²) in [6, 6.07) is 5.05. The van der Waals surface area contributed by atoms with Crippen LogP contribution in [-0.2, 0) is 11.3 Å². The van der Waals surface area contributed by atoms with E-state index in [-0.39, 0.29) is 5.82 Å². The van der Waals surface area contributed by atoms with Gasteiger partial charge in [-0.05, 0) is 52.2 Å². The van der Waals surface area contributed by atoms with E-state index in [1.807, 2.05) is 6.07 Å². The molecule has 2 atom stereocenters. The number of hydrogen-bond acceptors (Lipinski definition) is 1. The second-order valence-electron chi connectivity index (χ2n) is 4.91. The van der Waals surface area contributed by atoms with E-state index in [0.717, 1.165) is 25.0 Å². The van der Waals surface area contributed by atoms with E-state index in [1.54, 1.807) is 6.07 Å². The van der Waals surface area contributed by atoms with Crippen LogP contribution in [0.1, 0.15) is 25.3 Å². The van der Waals surface area contributed by atoms with Crippen LogP contribution in [0.5, 0.6) is 0 Å². The molecule has 3 heteroatoms. The number of hydrogen-bond donors (Lipinski definition) is 0. The zero-order valence-electron chi connectivity index (χ0n) is 10.5. The highest BCUT2D eigenvalue weighted by Gasteiger charge is 2.18. The second-order valence-corrected chi connectivity index (χ2v) is 5.70. The highest BCUT2D eigenvalue weighted by molar-refractivity contribution is 9.10. The highest BCUT2D eigenvalue weighted by Crippen LogP contribution is 2.26. The Morgan fingerprint density at radius 3 is 2.89 bits per heavy atom. The number of rotatable bonds is 4. The lowest BCUT2D eigenvalue weighted by atomic mass is 9.85. The van der Waals surface area contributed by atoms with E-state index in [9.17, 15) is 4.39 Å². The number of allylic oxidation sites excluding steroid dienone is 2. The van der Waals surface area contributed by atoms with Crippen molar-refractivity contribution in [3.05, 3.63) is 46.2 Å². The smallest absolute Gasteiger partial charge is 0.137 e. The standard InChI is InChI=1S/C15H18BrFO/c1-11-5-2-3-6-12(11)9-18-10-13-7-4-8-14(17)15(13)16/h2-4,7-8,11-12H,5-6,9-10H2,1H3. The van der Waals surface area contributed by atoms with Crippen molar-refractivity contribution >= 4 is 15.9 Å². The summed E-state index contributed by atoms with van der Waals surface area (Å²) in [5.74, 6) is 1.03. The summed E-state index contributed by atoms with van der Waals surface area (Å²) in [6.45, 7) is 3.47. The first kappa shape index (κ1) is 13.8. The van der Waals surface area contributed by atoms with Gasteiger partial charge in [0.25, 0.3) is 0 Å². The van der Waals surface area contributed by atoms with Crippen molar-refractivity contribution in [3.8, 4) is 0 Å². The minimum absolute atomic E-state index is 0.231. The zero-order chi connectivity index (χ0) is 13.0. The fraction of sp³-hybridized carbons (Fsp3) is 0.467. The highest BCUT2D eigenvalue weighted by atomic mass is 79.9. The fourth-order valence-corrected chi connectivity index (χ4v) is 2.60. The lowest BCUT2D eigenvalue weighted by Gasteiger charge is -2.25. The van der Waals surface area contributed by atoms with Crippen molar-refractivity contribution in [2.24, 2.45) is 11.8 Å². The summed E-state index contributed by atoms with van der Waals surface area (Å²) in [6.07, 6.45) is 6.69. The van der Waals surface area contributed by atoms with Crippen LogP contribution >= 0.6 is 15.9 Å². The Bertz CT molecular complexity index is 431. The van der Waals surface area contributed by atoms with Gasteiger partial charge in [0, 0.05) is 0 Å². The maximum Gasteiger partial charge on any atom is 0.137 e. The minimum Gasteiger partial charge on any atom is -0.376 e. The molecule has 0 amide bonds. The molecule has 1 nitrogen and oxygen atoms in total. The van der Waals surface area contributed by atoms with Gasteiger partial charge in [-0.2, -0.15) is 0 Å². The molecular weight excluding hydrogens is 295 g/mol. The first-order valence-corrected chi connectivity index (χ1v) is 7.13. The van der Waals surface area contributed by atoms with E-state index in [0.29, 0.717) is 22.9 Å². The van der Waals surface area contributed by atoms with Gasteiger partial charge in [-0.25, -0.2) is 4.39 Å². The summed E-state index contributed by atoms with van der Waals surface area (Å²) in [5.41, 5.74) is 0.869. The van der Waals surface area contributed by atoms with Crippen LogP contribution in [0.2, 0.25) is 0 Å². The molecule has 2 unspecified atom stereocenters. The average molecular weight is 313 g/mol. The summed E-state index contributed by atoms with van der Waals surface area (Å²) in [4.78, 5) is 0. The van der Waals surface area contributed by atoms with Crippen molar-refractivity contribution < 1.29 is 9.13 Å². The molecule has 18 heavy (non-hydrogen) atoms. The van der Waals surface area contributed by atoms with Crippen LogP contribution in [-0.4, -0.2) is 6.61 Å². The summed E-state index contributed by atoms with van der Waals surface area (Å²) >= 11 is 3.25. The van der Waals surface area contributed by atoms with Crippen molar-refractivity contribution in [2.45, 2.75) is 26.4 Å². The largest absolute Gasteiger partial charge is 0.376 e. The van der Waals surface area contributed by atoms with Crippen molar-refractivity contribution in [2.75, 3.05) is 6.61 Å². The molecule has 0 saturated carbocycles. The third-order valence-electron chi connectivity index (χ3n) is 3.54. The summed E-state index contributed by atoms with van der Waals surface area (Å²) in [7, 11) is 0. The van der Waals surface area contributed by atoms with Crippen LogP contribution in [0.4, 0.5) is 4.39 Å². The summed E-state index contributed by atoms with van der Waals surface area (Å²) < 4.78 is 19.6. The van der Waals surface area contributed by atoms with Gasteiger partial charge in [0.05, 0.1) is 17.7 Å². The molecule has 0 bridgehead atoms. The molecule has 0 spiro atoms. The van der Waals surface area contributed by atoms with Gasteiger partial charge >= 0.3 is 0 Å². The van der Waals surface area contributed by atoms with Crippen LogP contribution in [0.3, 0.4) is 0 Å². The Labute approximate surface area is 116 Å². The molecule has 0 N–H and O–H groups in total. The van der Waals surface area contributed by atoms with Gasteiger partial charge in [-0.1, -0.05) is 31.2 Å². The average Bonchev–Trinajstić information content (AvgIpc) is 2.37. The van der Waals surface area contributed by atoms with Crippen LogP contribution < -0.4 is 0 Å². The van der Waals surface area contributed by atoms with Crippen LogP contribution in [0.25, 0.3) is 0 Å². The Balaban J connectivity index is 1.85. The van der Waals surface area contributed by atoms with Crippen molar-refractivity contribution in [1.82, 2.24) is 0 Å². The molecule has 0 saturated heterocycles. The van der Waals surface area contributed by atoms with Gasteiger partial charge < -0.3 is 4.74 Å². The summed E-state index contributed by atoms with van der Waals surface area (Å²) in [5, 5.41) is 0. The Hall–Kier alpha value is -0.670. The van der Waals surface area contributed by atoms with Gasteiger partial charge in [0.1, 0.15) is 5.82 Å². The molecule has 0 aliphatic heterocycles. The van der Waals surface area contributed by atoms with E-state index < -0.39 is 0 Å². The van der Waals surface area contributed by atoms with Crippen molar-refractivity contribution in [3.63, 3.8) is 0 Å². The maximum atomic E-state index is 13.3. The third kappa shape index (κ3) is 3.42. The molecule has 1 aliphatic rings. The molecule has 2 rings (SSSR count). The molecular formula is C15H18BrFO. The Morgan fingerprint density at radius 1 is 1.33 bits per heavy atom. The maximum absolute atomic E-state index is 13.3. The number of benzene rings is 1. The van der Waals surface area contributed by atoms with Gasteiger partial charge in [0.2, 0.25) is 0 Å². The molecule has 0 aromatic heterocycles. The van der Waals surface area contributed by atoms with Crippen molar-refractivity contribution in [1.29, 1.82) is 0 Å². The molecule has 98 valence electrons. The fourth-order valence-electron chi connectivity index (χ4n) is 2.22. The molecule has 1 aromatic carbocycles. The third-order valence-corrected chi connectivity index (χ3v) is 4.43. The Morgan fingerprint density at radius 2 is 2.11 bits per heavy atom. The molecule has 0 radical (unpaired) electrons. The van der Waals surface area contributed by atoms with Gasteiger partial charge in [0.15, 0.2) is 0 Å². The molecule has 1 aromatic rings. The second kappa shape index (κ2) is 6.48.